The molecule has 4 heteroatoms. The quantitative estimate of drug-likeness (QED) is 0.689. The molecular formula is C22H23N3O. The Bertz CT molecular complexity index is 917. The summed E-state index contributed by atoms with van der Waals surface area (Å²) < 4.78 is 0. The summed E-state index contributed by atoms with van der Waals surface area (Å²) in [6.07, 6.45) is 2.03. The summed E-state index contributed by atoms with van der Waals surface area (Å²) in [6, 6.07) is 17.9. The largest absolute Gasteiger partial charge is 0.340 e. The molecule has 0 fully saturated rings. The number of benzene rings is 2. The molecule has 0 saturated carbocycles. The summed E-state index contributed by atoms with van der Waals surface area (Å²) in [6.45, 7) is 6.13. The number of nitrogens with zero attached hydrogens (tertiary/aromatic N) is 1. The van der Waals surface area contributed by atoms with Crippen molar-refractivity contribution in [3.8, 4) is 0 Å². The first-order valence-corrected chi connectivity index (χ1v) is 8.66. The van der Waals surface area contributed by atoms with Crippen molar-refractivity contribution >= 4 is 23.1 Å². The number of amides is 1. The first kappa shape index (κ1) is 17.7. The second kappa shape index (κ2) is 7.83. The van der Waals surface area contributed by atoms with E-state index in [1.54, 1.807) is 6.20 Å². The molecule has 0 aliphatic carbocycles. The molecule has 132 valence electrons. The molecule has 1 heterocycles. The van der Waals surface area contributed by atoms with Gasteiger partial charge in [0.2, 0.25) is 5.91 Å². The Morgan fingerprint density at radius 3 is 2.50 bits per heavy atom. The Labute approximate surface area is 154 Å². The second-order valence-electron chi connectivity index (χ2n) is 6.53. The van der Waals surface area contributed by atoms with Crippen LogP contribution >= 0.6 is 0 Å². The minimum Gasteiger partial charge on any atom is -0.340 e. The number of aryl methyl sites for hydroxylation is 3. The smallest absolute Gasteiger partial charge is 0.228 e. The zero-order valence-electron chi connectivity index (χ0n) is 15.3. The van der Waals surface area contributed by atoms with E-state index in [-0.39, 0.29) is 5.91 Å². The van der Waals surface area contributed by atoms with Crippen LogP contribution < -0.4 is 10.6 Å². The Morgan fingerprint density at radius 2 is 1.77 bits per heavy atom. The molecule has 0 atom stereocenters. The van der Waals surface area contributed by atoms with Gasteiger partial charge in [0.05, 0.1) is 18.3 Å². The molecule has 0 spiro atoms. The minimum absolute atomic E-state index is 0.0451. The third-order valence-electron chi connectivity index (χ3n) is 4.32. The van der Waals surface area contributed by atoms with E-state index >= 15 is 0 Å². The van der Waals surface area contributed by atoms with Crippen molar-refractivity contribution in [2.24, 2.45) is 0 Å². The van der Waals surface area contributed by atoms with E-state index in [1.807, 2.05) is 43.3 Å². The van der Waals surface area contributed by atoms with Crippen molar-refractivity contribution in [1.82, 2.24) is 4.98 Å². The lowest BCUT2D eigenvalue weighted by molar-refractivity contribution is -0.115. The van der Waals surface area contributed by atoms with Crippen LogP contribution in [0, 0.1) is 20.8 Å². The Balaban J connectivity index is 1.63. The van der Waals surface area contributed by atoms with Crippen LogP contribution in [0.2, 0.25) is 0 Å². The topological polar surface area (TPSA) is 54.0 Å². The molecule has 0 saturated heterocycles. The number of nitrogens with one attached hydrogen (secondary N) is 2. The van der Waals surface area contributed by atoms with Crippen LogP contribution in [-0.4, -0.2) is 10.9 Å². The van der Waals surface area contributed by atoms with Gasteiger partial charge in [-0.15, -0.1) is 0 Å². The molecular weight excluding hydrogens is 322 g/mol. The molecule has 26 heavy (non-hydrogen) atoms. The van der Waals surface area contributed by atoms with Crippen LogP contribution in [-0.2, 0) is 11.2 Å². The van der Waals surface area contributed by atoms with Crippen molar-refractivity contribution < 1.29 is 4.79 Å². The molecule has 3 rings (SSSR count). The van der Waals surface area contributed by atoms with E-state index in [0.29, 0.717) is 12.1 Å². The number of hydrogen-bond donors (Lipinski definition) is 2. The normalized spacial score (nSPS) is 10.4. The predicted octanol–water partition coefficient (Wildman–Crippen LogP) is 4.93. The van der Waals surface area contributed by atoms with Crippen LogP contribution in [0.25, 0.3) is 0 Å². The molecule has 0 aliphatic heterocycles. The highest BCUT2D eigenvalue weighted by molar-refractivity contribution is 5.92. The third-order valence-corrected chi connectivity index (χ3v) is 4.32. The average molecular weight is 345 g/mol. The maximum atomic E-state index is 12.2. The molecule has 1 aromatic heterocycles. The summed E-state index contributed by atoms with van der Waals surface area (Å²) in [7, 11) is 0. The van der Waals surface area contributed by atoms with E-state index in [1.165, 1.54) is 5.56 Å². The van der Waals surface area contributed by atoms with Crippen LogP contribution in [0.1, 0.15) is 22.3 Å². The minimum atomic E-state index is -0.0451. The van der Waals surface area contributed by atoms with Crippen molar-refractivity contribution in [3.63, 3.8) is 0 Å². The van der Waals surface area contributed by atoms with E-state index in [9.17, 15) is 4.79 Å². The van der Waals surface area contributed by atoms with Gasteiger partial charge in [0, 0.05) is 5.69 Å². The van der Waals surface area contributed by atoms with Crippen molar-refractivity contribution in [2.45, 2.75) is 27.2 Å². The lowest BCUT2D eigenvalue weighted by Gasteiger charge is -2.11. The van der Waals surface area contributed by atoms with Crippen molar-refractivity contribution in [3.05, 3.63) is 83.0 Å². The maximum Gasteiger partial charge on any atom is 0.228 e. The highest BCUT2D eigenvalue weighted by Gasteiger charge is 2.07. The molecule has 2 N–H and O–H groups in total. The summed E-state index contributed by atoms with van der Waals surface area (Å²) in [5.74, 6) is 0.701. The lowest BCUT2D eigenvalue weighted by atomic mass is 10.1. The Hall–Kier alpha value is -3.14. The van der Waals surface area contributed by atoms with E-state index in [0.717, 1.165) is 28.2 Å². The number of carbonyl (C=O) groups excluding carboxylic acids is 1. The highest BCUT2D eigenvalue weighted by atomic mass is 16.1. The van der Waals surface area contributed by atoms with Gasteiger partial charge < -0.3 is 10.6 Å². The Kier molecular flexibility index (Phi) is 5.32. The van der Waals surface area contributed by atoms with Gasteiger partial charge in [-0.3, -0.25) is 4.79 Å². The van der Waals surface area contributed by atoms with Gasteiger partial charge >= 0.3 is 0 Å². The van der Waals surface area contributed by atoms with Crippen LogP contribution in [0.4, 0.5) is 17.2 Å². The van der Waals surface area contributed by atoms with Gasteiger partial charge in [-0.05, 0) is 61.2 Å². The summed E-state index contributed by atoms with van der Waals surface area (Å²) >= 11 is 0. The SMILES string of the molecule is Cc1ccc(C)c(Nc2ccc(NC(=O)Cc3ccccc3C)cn2)c1. The van der Waals surface area contributed by atoms with Crippen LogP contribution in [0.3, 0.4) is 0 Å². The first-order valence-electron chi connectivity index (χ1n) is 8.66. The Morgan fingerprint density at radius 1 is 0.962 bits per heavy atom. The number of pyridine rings is 1. The van der Waals surface area contributed by atoms with Gasteiger partial charge in [-0.2, -0.15) is 0 Å². The molecule has 4 nitrogen and oxygen atoms in total. The monoisotopic (exact) mass is 345 g/mol. The van der Waals surface area contributed by atoms with Gasteiger partial charge in [0.1, 0.15) is 5.82 Å². The second-order valence-corrected chi connectivity index (χ2v) is 6.53. The van der Waals surface area contributed by atoms with Crippen LogP contribution in [0.5, 0.6) is 0 Å². The predicted molar refractivity (Wildman–Crippen MR) is 107 cm³/mol. The highest BCUT2D eigenvalue weighted by Crippen LogP contribution is 2.21. The first-order chi connectivity index (χ1) is 12.5. The van der Waals surface area contributed by atoms with E-state index in [4.69, 9.17) is 0 Å². The standard InChI is InChI=1S/C22H23N3O/c1-15-8-9-17(3)20(12-15)25-21-11-10-19(14-23-21)24-22(26)13-18-7-5-4-6-16(18)2/h4-12,14H,13H2,1-3H3,(H,23,25)(H,24,26). The summed E-state index contributed by atoms with van der Waals surface area (Å²) in [4.78, 5) is 16.6. The summed E-state index contributed by atoms with van der Waals surface area (Å²) in [5.41, 5.74) is 6.23. The number of anilines is 3. The fraction of sp³-hybridized carbons (Fsp3) is 0.182. The van der Waals surface area contributed by atoms with Gasteiger partial charge in [-0.25, -0.2) is 4.98 Å². The number of rotatable bonds is 5. The molecule has 0 unspecified atom stereocenters. The van der Waals surface area contributed by atoms with Gasteiger partial charge in [0.25, 0.3) is 0 Å². The molecule has 0 bridgehead atoms. The molecule has 1 amide bonds. The average Bonchev–Trinajstić information content (AvgIpc) is 2.62. The zero-order chi connectivity index (χ0) is 18.5. The van der Waals surface area contributed by atoms with E-state index < -0.39 is 0 Å². The fourth-order valence-corrected chi connectivity index (χ4v) is 2.74. The fourth-order valence-electron chi connectivity index (χ4n) is 2.74. The molecule has 3 aromatic rings. The van der Waals surface area contributed by atoms with Crippen molar-refractivity contribution in [1.29, 1.82) is 0 Å². The number of hydrogen-bond acceptors (Lipinski definition) is 3. The molecule has 0 aliphatic rings. The number of carbonyl (C=O) groups is 1. The molecule has 0 radical (unpaired) electrons. The summed E-state index contributed by atoms with van der Waals surface area (Å²) in [5, 5.41) is 6.22. The van der Waals surface area contributed by atoms with Gasteiger partial charge in [-0.1, -0.05) is 36.4 Å². The van der Waals surface area contributed by atoms with Gasteiger partial charge in [0.15, 0.2) is 0 Å². The third kappa shape index (κ3) is 4.48. The number of aromatic nitrogens is 1. The van der Waals surface area contributed by atoms with Crippen molar-refractivity contribution in [2.75, 3.05) is 10.6 Å². The lowest BCUT2D eigenvalue weighted by Crippen LogP contribution is -2.15. The van der Waals surface area contributed by atoms with E-state index in [2.05, 4.69) is 47.7 Å². The maximum absolute atomic E-state index is 12.2. The van der Waals surface area contributed by atoms with Crippen LogP contribution in [0.15, 0.2) is 60.8 Å². The molecule has 2 aromatic carbocycles. The zero-order valence-corrected chi connectivity index (χ0v) is 15.3.